The van der Waals surface area contributed by atoms with Crippen LogP contribution in [0, 0.1) is 0 Å². The molecule has 0 spiro atoms. The Bertz CT molecular complexity index is 399. The highest BCUT2D eigenvalue weighted by molar-refractivity contribution is 5.13. The zero-order valence-corrected chi connectivity index (χ0v) is 11.1. The van der Waals surface area contributed by atoms with Crippen molar-refractivity contribution < 1.29 is 0 Å². The fraction of sp³-hybridized carbons (Fsp3) is 0.429. The van der Waals surface area contributed by atoms with Crippen LogP contribution in [0.5, 0.6) is 0 Å². The molecule has 0 N–H and O–H groups in total. The Morgan fingerprint density at radius 1 is 1.12 bits per heavy atom. The molecule has 3 nitrogen and oxygen atoms in total. The van der Waals surface area contributed by atoms with Crippen molar-refractivity contribution in [1.82, 2.24) is 15.0 Å². The molecule has 2 aromatic rings. The van der Waals surface area contributed by atoms with Crippen molar-refractivity contribution in [1.29, 1.82) is 0 Å². The van der Waals surface area contributed by atoms with Gasteiger partial charge in [-0.15, -0.1) is 5.10 Å². The summed E-state index contributed by atoms with van der Waals surface area (Å²) in [5.74, 6) is 0. The Hall–Kier alpha value is -1.64. The van der Waals surface area contributed by atoms with E-state index in [2.05, 4.69) is 62.3 Å². The molecule has 0 radical (unpaired) electrons. The number of aryl methyl sites for hydroxylation is 1. The van der Waals surface area contributed by atoms with Crippen molar-refractivity contribution in [3.05, 3.63) is 48.3 Å². The van der Waals surface area contributed by atoms with Crippen LogP contribution in [-0.4, -0.2) is 15.0 Å². The quantitative estimate of drug-likeness (QED) is 0.754. The lowest BCUT2D eigenvalue weighted by Crippen LogP contribution is -2.22. The number of aromatic nitrogens is 3. The number of nitrogens with zero attached hydrogens (tertiary/aromatic N) is 3. The van der Waals surface area contributed by atoms with Gasteiger partial charge in [-0.05, 0) is 32.8 Å². The summed E-state index contributed by atoms with van der Waals surface area (Å²) in [4.78, 5) is 0. The van der Waals surface area contributed by atoms with Crippen LogP contribution >= 0.6 is 0 Å². The molecule has 0 bridgehead atoms. The minimum atomic E-state index is 0.0660. The first-order valence-corrected chi connectivity index (χ1v) is 5.94. The molecule has 0 atom stereocenters. The molecule has 0 aliphatic rings. The summed E-state index contributed by atoms with van der Waals surface area (Å²) in [5, 5.41) is 7.56. The SMILES string of the molecule is CC(C)(C)n1ccnn1.CCc1ccccc1. The highest BCUT2D eigenvalue weighted by atomic mass is 15.4. The highest BCUT2D eigenvalue weighted by Crippen LogP contribution is 2.09. The van der Waals surface area contributed by atoms with Crippen molar-refractivity contribution in [3.63, 3.8) is 0 Å². The van der Waals surface area contributed by atoms with E-state index < -0.39 is 0 Å². The van der Waals surface area contributed by atoms with E-state index in [1.165, 1.54) is 5.56 Å². The first-order valence-electron chi connectivity index (χ1n) is 5.94. The monoisotopic (exact) mass is 231 g/mol. The van der Waals surface area contributed by atoms with Crippen molar-refractivity contribution in [2.24, 2.45) is 0 Å². The third-order valence-electron chi connectivity index (χ3n) is 2.36. The molecule has 1 aromatic heterocycles. The molecule has 0 aliphatic carbocycles. The van der Waals surface area contributed by atoms with Crippen LogP contribution in [0.25, 0.3) is 0 Å². The predicted molar refractivity (Wildman–Crippen MR) is 70.8 cm³/mol. The van der Waals surface area contributed by atoms with Gasteiger partial charge in [0, 0.05) is 6.20 Å². The summed E-state index contributed by atoms with van der Waals surface area (Å²) < 4.78 is 1.83. The summed E-state index contributed by atoms with van der Waals surface area (Å²) in [6, 6.07) is 10.5. The first kappa shape index (κ1) is 13.4. The summed E-state index contributed by atoms with van der Waals surface area (Å²) in [5.41, 5.74) is 1.48. The van der Waals surface area contributed by atoms with Gasteiger partial charge in [0.25, 0.3) is 0 Å². The zero-order chi connectivity index (χ0) is 12.7. The Labute approximate surface area is 103 Å². The summed E-state index contributed by atoms with van der Waals surface area (Å²) >= 11 is 0. The third kappa shape index (κ3) is 4.81. The van der Waals surface area contributed by atoms with Gasteiger partial charge in [0.15, 0.2) is 0 Å². The number of hydrogen-bond acceptors (Lipinski definition) is 2. The molecule has 92 valence electrons. The molecular formula is C14H21N3. The van der Waals surface area contributed by atoms with E-state index in [0.29, 0.717) is 0 Å². The average Bonchev–Trinajstić information content (AvgIpc) is 2.84. The van der Waals surface area contributed by atoms with E-state index in [1.54, 1.807) is 6.20 Å². The lowest BCUT2D eigenvalue weighted by Gasteiger charge is -2.17. The van der Waals surface area contributed by atoms with Gasteiger partial charge in [-0.25, -0.2) is 4.68 Å². The summed E-state index contributed by atoms with van der Waals surface area (Å²) in [6.45, 7) is 8.42. The van der Waals surface area contributed by atoms with Crippen LogP contribution in [0.3, 0.4) is 0 Å². The smallest absolute Gasteiger partial charge is 0.0693 e. The van der Waals surface area contributed by atoms with Gasteiger partial charge >= 0.3 is 0 Å². The highest BCUT2D eigenvalue weighted by Gasteiger charge is 2.11. The lowest BCUT2D eigenvalue weighted by molar-refractivity contribution is 0.347. The van der Waals surface area contributed by atoms with Crippen LogP contribution in [0.4, 0.5) is 0 Å². The fourth-order valence-corrected chi connectivity index (χ4v) is 1.28. The van der Waals surface area contributed by atoms with Gasteiger partial charge in [-0.3, -0.25) is 0 Å². The molecule has 1 aromatic carbocycles. The minimum absolute atomic E-state index is 0.0660. The van der Waals surface area contributed by atoms with Crippen LogP contribution in [-0.2, 0) is 12.0 Å². The van der Waals surface area contributed by atoms with Crippen LogP contribution in [0.15, 0.2) is 42.7 Å². The van der Waals surface area contributed by atoms with Crippen molar-refractivity contribution >= 4 is 0 Å². The van der Waals surface area contributed by atoms with Gasteiger partial charge in [-0.1, -0.05) is 42.5 Å². The number of hydrogen-bond donors (Lipinski definition) is 0. The lowest BCUT2D eigenvalue weighted by atomic mass is 10.1. The van der Waals surface area contributed by atoms with E-state index >= 15 is 0 Å². The first-order chi connectivity index (χ1) is 8.04. The molecule has 1 heterocycles. The Kier molecular flexibility index (Phi) is 4.88. The average molecular weight is 231 g/mol. The maximum Gasteiger partial charge on any atom is 0.0693 e. The van der Waals surface area contributed by atoms with Crippen molar-refractivity contribution in [2.45, 2.75) is 39.7 Å². The molecule has 2 rings (SSSR count). The van der Waals surface area contributed by atoms with Gasteiger partial charge in [0.1, 0.15) is 0 Å². The summed E-state index contributed by atoms with van der Waals surface area (Å²) in [7, 11) is 0. The van der Waals surface area contributed by atoms with E-state index in [-0.39, 0.29) is 5.54 Å². The number of benzene rings is 1. The predicted octanol–water partition coefficient (Wildman–Crippen LogP) is 3.28. The minimum Gasteiger partial charge on any atom is -0.247 e. The maximum absolute atomic E-state index is 3.85. The van der Waals surface area contributed by atoms with Gasteiger partial charge in [-0.2, -0.15) is 0 Å². The van der Waals surface area contributed by atoms with Crippen molar-refractivity contribution in [2.75, 3.05) is 0 Å². The van der Waals surface area contributed by atoms with Crippen LogP contribution in [0.2, 0.25) is 0 Å². The van der Waals surface area contributed by atoms with E-state index in [4.69, 9.17) is 0 Å². The molecule has 17 heavy (non-hydrogen) atoms. The topological polar surface area (TPSA) is 30.7 Å². The normalized spacial score (nSPS) is 10.6. The van der Waals surface area contributed by atoms with E-state index in [0.717, 1.165) is 6.42 Å². The molecule has 3 heteroatoms. The molecule has 0 saturated heterocycles. The fourth-order valence-electron chi connectivity index (χ4n) is 1.28. The second-order valence-corrected chi connectivity index (χ2v) is 4.86. The Morgan fingerprint density at radius 3 is 2.06 bits per heavy atom. The van der Waals surface area contributed by atoms with Crippen molar-refractivity contribution in [3.8, 4) is 0 Å². The Morgan fingerprint density at radius 2 is 1.76 bits per heavy atom. The van der Waals surface area contributed by atoms with Gasteiger partial charge in [0.2, 0.25) is 0 Å². The maximum atomic E-state index is 3.85. The Balaban J connectivity index is 0.000000171. The van der Waals surface area contributed by atoms with Gasteiger partial charge in [0.05, 0.1) is 11.7 Å². The largest absolute Gasteiger partial charge is 0.247 e. The van der Waals surface area contributed by atoms with E-state index in [9.17, 15) is 0 Å². The molecule has 0 fully saturated rings. The zero-order valence-electron chi connectivity index (χ0n) is 11.1. The molecule has 0 aliphatic heterocycles. The molecular weight excluding hydrogens is 210 g/mol. The second-order valence-electron chi connectivity index (χ2n) is 4.86. The standard InChI is InChI=1S/C8H10.C6H11N3/c1-2-8-6-4-3-5-7-8;1-6(2,3)9-5-4-7-8-9/h3-7H,2H2,1H3;4-5H,1-3H3. The number of rotatable bonds is 1. The van der Waals surface area contributed by atoms with Gasteiger partial charge < -0.3 is 0 Å². The molecule has 0 amide bonds. The van der Waals surface area contributed by atoms with Crippen LogP contribution in [0.1, 0.15) is 33.3 Å². The molecule has 0 saturated carbocycles. The molecule has 0 unspecified atom stereocenters. The summed E-state index contributed by atoms with van der Waals surface area (Å²) in [6.07, 6.45) is 4.69. The third-order valence-corrected chi connectivity index (χ3v) is 2.36. The van der Waals surface area contributed by atoms with Crippen LogP contribution < -0.4 is 0 Å². The van der Waals surface area contributed by atoms with E-state index in [1.807, 2.05) is 16.9 Å². The second kappa shape index (κ2) is 6.18.